The van der Waals surface area contributed by atoms with Crippen LogP contribution < -0.4 is 10.2 Å². The van der Waals surface area contributed by atoms with E-state index in [1.54, 1.807) is 28.9 Å². The first kappa shape index (κ1) is 19.3. The van der Waals surface area contributed by atoms with Gasteiger partial charge in [-0.15, -0.1) is 0 Å². The van der Waals surface area contributed by atoms with Crippen molar-refractivity contribution in [2.24, 2.45) is 14.1 Å². The second kappa shape index (κ2) is 7.43. The lowest BCUT2D eigenvalue weighted by Gasteiger charge is -2.41. The Hall–Kier alpha value is -3.01. The Morgan fingerprint density at radius 1 is 1.31 bits per heavy atom. The van der Waals surface area contributed by atoms with Crippen molar-refractivity contribution >= 4 is 22.8 Å². The first-order valence-corrected chi connectivity index (χ1v) is 9.73. The highest BCUT2D eigenvalue weighted by Gasteiger charge is 2.34. The van der Waals surface area contributed by atoms with Crippen LogP contribution in [0.5, 0.6) is 0 Å². The average molecular weight is 398 g/mol. The van der Waals surface area contributed by atoms with Crippen LogP contribution in [0, 0.1) is 0 Å². The monoisotopic (exact) mass is 398 g/mol. The number of ether oxygens (including phenoxy) is 1. The smallest absolute Gasteiger partial charge is 0.269 e. The normalized spacial score (nSPS) is 19.7. The van der Waals surface area contributed by atoms with Crippen LogP contribution in [0.25, 0.3) is 11.0 Å². The van der Waals surface area contributed by atoms with E-state index in [2.05, 4.69) is 30.4 Å². The number of amides is 1. The Balaban J connectivity index is 1.48. The van der Waals surface area contributed by atoms with Crippen LogP contribution in [0.1, 0.15) is 30.0 Å². The minimum atomic E-state index is -0.542. The van der Waals surface area contributed by atoms with Gasteiger partial charge < -0.3 is 15.0 Å². The Labute approximate surface area is 168 Å². The Morgan fingerprint density at radius 2 is 2.14 bits per heavy atom. The van der Waals surface area contributed by atoms with Crippen molar-refractivity contribution < 1.29 is 9.53 Å². The van der Waals surface area contributed by atoms with Crippen molar-refractivity contribution in [1.82, 2.24) is 34.8 Å². The molecule has 4 rings (SSSR count). The number of carbonyl (C=O) groups excluding carboxylic acids is 1. The van der Waals surface area contributed by atoms with Gasteiger partial charge in [0.15, 0.2) is 5.65 Å². The number of nitrogens with one attached hydrogen (secondary N) is 1. The van der Waals surface area contributed by atoms with Crippen molar-refractivity contribution in [2.45, 2.75) is 25.9 Å². The average Bonchev–Trinajstić information content (AvgIpc) is 3.29. The summed E-state index contributed by atoms with van der Waals surface area (Å²) < 4.78 is 9.38. The fraction of sp³-hybridized carbons (Fsp3) is 0.526. The van der Waals surface area contributed by atoms with E-state index in [-0.39, 0.29) is 5.91 Å². The molecule has 1 amide bonds. The largest absolute Gasteiger partial charge is 0.370 e. The lowest BCUT2D eigenvalue weighted by Crippen LogP contribution is -2.56. The second-order valence-corrected chi connectivity index (χ2v) is 7.60. The topological polar surface area (TPSA) is 103 Å². The zero-order valence-electron chi connectivity index (χ0n) is 17.2. The standard InChI is InChI=1S/C19H26N8O2/c1-5-13-8-15(25(3)24-13)18(28)20-10-19(2)11-27(6-7-29-19)17-14-9-23-26(4)16(14)21-12-22-17/h8-9,12H,5-7,10-11H2,1-4H3,(H,20,28). The van der Waals surface area contributed by atoms with E-state index in [1.807, 2.05) is 27.0 Å². The molecule has 3 aromatic rings. The maximum Gasteiger partial charge on any atom is 0.269 e. The molecule has 0 radical (unpaired) electrons. The highest BCUT2D eigenvalue weighted by Crippen LogP contribution is 2.27. The van der Waals surface area contributed by atoms with E-state index in [1.165, 1.54) is 0 Å². The molecule has 0 aromatic carbocycles. The van der Waals surface area contributed by atoms with Crippen LogP contribution in [0.2, 0.25) is 0 Å². The molecule has 0 spiro atoms. The van der Waals surface area contributed by atoms with Crippen LogP contribution >= 0.6 is 0 Å². The molecule has 10 heteroatoms. The highest BCUT2D eigenvalue weighted by atomic mass is 16.5. The lowest BCUT2D eigenvalue weighted by molar-refractivity contribution is -0.0394. The van der Waals surface area contributed by atoms with E-state index in [0.29, 0.717) is 31.9 Å². The summed E-state index contributed by atoms with van der Waals surface area (Å²) in [5.74, 6) is 0.682. The van der Waals surface area contributed by atoms with Gasteiger partial charge in [0.25, 0.3) is 5.91 Å². The number of anilines is 1. The third-order valence-electron chi connectivity index (χ3n) is 5.29. The van der Waals surface area contributed by atoms with Crippen molar-refractivity contribution in [3.8, 4) is 0 Å². The zero-order chi connectivity index (χ0) is 20.6. The Morgan fingerprint density at radius 3 is 2.90 bits per heavy atom. The van der Waals surface area contributed by atoms with E-state index in [0.717, 1.165) is 29.0 Å². The predicted octanol–water partition coefficient (Wildman–Crippen LogP) is 0.685. The van der Waals surface area contributed by atoms with Crippen LogP contribution in [0.15, 0.2) is 18.6 Å². The summed E-state index contributed by atoms with van der Waals surface area (Å²) in [6.07, 6.45) is 4.13. The summed E-state index contributed by atoms with van der Waals surface area (Å²) in [7, 11) is 3.64. The molecule has 1 fully saturated rings. The SMILES string of the molecule is CCc1cc(C(=O)NCC2(C)CN(c3ncnc4c3cnn4C)CCO2)n(C)n1. The Bertz CT molecular complexity index is 1040. The molecule has 0 saturated carbocycles. The molecular weight excluding hydrogens is 372 g/mol. The molecule has 1 N–H and O–H groups in total. The first-order chi connectivity index (χ1) is 13.9. The third-order valence-corrected chi connectivity index (χ3v) is 5.29. The molecule has 1 saturated heterocycles. The minimum Gasteiger partial charge on any atom is -0.370 e. The summed E-state index contributed by atoms with van der Waals surface area (Å²) >= 11 is 0. The molecule has 4 heterocycles. The number of hydrogen-bond donors (Lipinski definition) is 1. The fourth-order valence-electron chi connectivity index (χ4n) is 3.69. The number of aromatic nitrogens is 6. The van der Waals surface area contributed by atoms with Gasteiger partial charge in [-0.2, -0.15) is 10.2 Å². The quantitative estimate of drug-likeness (QED) is 0.674. The zero-order valence-corrected chi connectivity index (χ0v) is 17.2. The summed E-state index contributed by atoms with van der Waals surface area (Å²) in [5.41, 5.74) is 1.69. The number of aryl methyl sites for hydroxylation is 3. The molecule has 1 aliphatic rings. The van der Waals surface area contributed by atoms with Crippen molar-refractivity contribution in [1.29, 1.82) is 0 Å². The Kier molecular flexibility index (Phi) is 4.95. The van der Waals surface area contributed by atoms with Gasteiger partial charge in [-0.3, -0.25) is 14.2 Å². The number of rotatable bonds is 5. The number of hydrogen-bond acceptors (Lipinski definition) is 7. The molecule has 1 aliphatic heterocycles. The maximum absolute atomic E-state index is 12.6. The van der Waals surface area contributed by atoms with Gasteiger partial charge in [0.1, 0.15) is 23.4 Å². The van der Waals surface area contributed by atoms with Crippen LogP contribution in [0.4, 0.5) is 5.82 Å². The molecule has 3 aromatic heterocycles. The van der Waals surface area contributed by atoms with Gasteiger partial charge in [-0.05, 0) is 19.4 Å². The summed E-state index contributed by atoms with van der Waals surface area (Å²) in [4.78, 5) is 23.6. The number of carbonyl (C=O) groups is 1. The summed E-state index contributed by atoms with van der Waals surface area (Å²) in [6.45, 7) is 6.26. The summed E-state index contributed by atoms with van der Waals surface area (Å²) in [6, 6.07) is 1.83. The molecule has 10 nitrogen and oxygen atoms in total. The minimum absolute atomic E-state index is 0.154. The molecule has 0 aliphatic carbocycles. The van der Waals surface area contributed by atoms with Gasteiger partial charge in [0, 0.05) is 33.7 Å². The molecule has 0 bridgehead atoms. The fourth-order valence-corrected chi connectivity index (χ4v) is 3.69. The third kappa shape index (κ3) is 3.67. The molecular formula is C19H26N8O2. The lowest BCUT2D eigenvalue weighted by atomic mass is 10.0. The van der Waals surface area contributed by atoms with Crippen molar-refractivity contribution in [2.75, 3.05) is 31.1 Å². The molecule has 1 unspecified atom stereocenters. The van der Waals surface area contributed by atoms with E-state index in [4.69, 9.17) is 4.74 Å². The van der Waals surface area contributed by atoms with E-state index in [9.17, 15) is 4.79 Å². The van der Waals surface area contributed by atoms with Gasteiger partial charge in [-0.1, -0.05) is 6.92 Å². The van der Waals surface area contributed by atoms with E-state index < -0.39 is 5.60 Å². The number of fused-ring (bicyclic) bond motifs is 1. The summed E-state index contributed by atoms with van der Waals surface area (Å²) in [5, 5.41) is 12.5. The van der Waals surface area contributed by atoms with E-state index >= 15 is 0 Å². The predicted molar refractivity (Wildman–Crippen MR) is 108 cm³/mol. The first-order valence-electron chi connectivity index (χ1n) is 9.73. The van der Waals surface area contributed by atoms with Crippen LogP contribution in [-0.2, 0) is 25.3 Å². The molecule has 1 atom stereocenters. The van der Waals surface area contributed by atoms with Gasteiger partial charge in [0.05, 0.1) is 23.9 Å². The van der Waals surface area contributed by atoms with Gasteiger partial charge >= 0.3 is 0 Å². The highest BCUT2D eigenvalue weighted by molar-refractivity contribution is 5.92. The van der Waals surface area contributed by atoms with Gasteiger partial charge in [-0.25, -0.2) is 9.97 Å². The van der Waals surface area contributed by atoms with Gasteiger partial charge in [0.2, 0.25) is 0 Å². The molecule has 29 heavy (non-hydrogen) atoms. The number of nitrogens with zero attached hydrogens (tertiary/aromatic N) is 7. The van der Waals surface area contributed by atoms with Crippen molar-refractivity contribution in [3.63, 3.8) is 0 Å². The van der Waals surface area contributed by atoms with Crippen molar-refractivity contribution in [3.05, 3.63) is 30.0 Å². The maximum atomic E-state index is 12.6. The second-order valence-electron chi connectivity index (χ2n) is 7.60. The van der Waals surface area contributed by atoms with Crippen LogP contribution in [-0.4, -0.2) is 67.3 Å². The van der Waals surface area contributed by atoms with Crippen LogP contribution in [0.3, 0.4) is 0 Å². The number of morpholine rings is 1. The molecule has 154 valence electrons.